The van der Waals surface area contributed by atoms with Crippen LogP contribution in [0.1, 0.15) is 51.5 Å². The molecule has 1 atom stereocenters. The minimum absolute atomic E-state index is 0.00216. The maximum atomic E-state index is 12.2. The average Bonchev–Trinajstić information content (AvgIpc) is 2.68. The molecule has 26 heavy (non-hydrogen) atoms. The van der Waals surface area contributed by atoms with Gasteiger partial charge in [-0.2, -0.15) is 0 Å². The Kier molecular flexibility index (Phi) is 9.13. The van der Waals surface area contributed by atoms with Crippen molar-refractivity contribution >= 4 is 5.78 Å². The van der Waals surface area contributed by atoms with Crippen molar-refractivity contribution in [2.24, 2.45) is 5.92 Å². The lowest BCUT2D eigenvalue weighted by atomic mass is 9.95. The second-order valence-electron chi connectivity index (χ2n) is 7.10. The summed E-state index contributed by atoms with van der Waals surface area (Å²) in [5.74, 6) is 0.198. The van der Waals surface area contributed by atoms with Crippen LogP contribution >= 0.6 is 0 Å². The van der Waals surface area contributed by atoms with Crippen LogP contribution in [0.25, 0.3) is 11.1 Å². The van der Waals surface area contributed by atoms with Gasteiger partial charge in [-0.3, -0.25) is 4.79 Å². The first-order valence-electron chi connectivity index (χ1n) is 9.95. The quantitative estimate of drug-likeness (QED) is 0.432. The Hall–Kier alpha value is -1.93. The fourth-order valence-electron chi connectivity index (χ4n) is 3.05. The fourth-order valence-corrected chi connectivity index (χ4v) is 3.05. The second kappa shape index (κ2) is 11.6. The van der Waals surface area contributed by atoms with Crippen LogP contribution in [0.5, 0.6) is 0 Å². The van der Waals surface area contributed by atoms with Crippen LogP contribution in [0.2, 0.25) is 0 Å². The lowest BCUT2D eigenvalue weighted by Crippen LogP contribution is -2.19. The number of unbranched alkanes of at least 4 members (excludes halogenated alkanes) is 4. The molecule has 0 spiro atoms. The third-order valence-corrected chi connectivity index (χ3v) is 4.79. The van der Waals surface area contributed by atoms with Crippen LogP contribution in [-0.2, 0) is 16.0 Å². The van der Waals surface area contributed by atoms with Crippen molar-refractivity contribution in [1.29, 1.82) is 0 Å². The maximum absolute atomic E-state index is 12.2. The summed E-state index contributed by atoms with van der Waals surface area (Å²) in [5, 5.41) is 0. The zero-order chi connectivity index (χ0) is 18.6. The molecule has 0 saturated heterocycles. The third kappa shape index (κ3) is 7.13. The van der Waals surface area contributed by atoms with Gasteiger partial charge in [0.15, 0.2) is 5.78 Å². The molecule has 0 aliphatic heterocycles. The van der Waals surface area contributed by atoms with E-state index in [9.17, 15) is 4.79 Å². The molecule has 0 saturated carbocycles. The number of rotatable bonds is 12. The topological polar surface area (TPSA) is 26.3 Å². The van der Waals surface area contributed by atoms with E-state index >= 15 is 0 Å². The standard InChI is InChI=1S/C24H32O2/c1-3-4-5-6-10-17-26-19-24(25)20(2)18-21-13-15-23(16-14-21)22-11-8-7-9-12-22/h7-9,11-16,20H,3-6,10,17-19H2,1-2H3/t20-/m1/s1. The molecule has 0 aliphatic rings. The number of ether oxygens (including phenoxy) is 1. The molecule has 0 radical (unpaired) electrons. The molecule has 0 fully saturated rings. The third-order valence-electron chi connectivity index (χ3n) is 4.79. The summed E-state index contributed by atoms with van der Waals surface area (Å²) >= 11 is 0. The van der Waals surface area contributed by atoms with Crippen LogP contribution in [-0.4, -0.2) is 19.0 Å². The van der Waals surface area contributed by atoms with E-state index in [1.165, 1.54) is 42.4 Å². The van der Waals surface area contributed by atoms with Gasteiger partial charge in [-0.1, -0.05) is 94.1 Å². The Morgan fingerprint density at radius 3 is 2.23 bits per heavy atom. The first kappa shape index (κ1) is 20.4. The van der Waals surface area contributed by atoms with Gasteiger partial charge >= 0.3 is 0 Å². The predicted octanol–water partition coefficient (Wildman–Crippen LogP) is 6.09. The molecule has 2 aromatic rings. The minimum Gasteiger partial charge on any atom is -0.374 e. The molecule has 2 aromatic carbocycles. The highest BCUT2D eigenvalue weighted by Gasteiger charge is 2.13. The number of carbonyl (C=O) groups excluding carboxylic acids is 1. The molecular formula is C24H32O2. The molecule has 0 heterocycles. The lowest BCUT2D eigenvalue weighted by molar-refractivity contribution is -0.127. The van der Waals surface area contributed by atoms with Crippen LogP contribution in [0, 0.1) is 5.92 Å². The van der Waals surface area contributed by atoms with Crippen LogP contribution in [0.15, 0.2) is 54.6 Å². The Bertz CT molecular complexity index is 631. The first-order chi connectivity index (χ1) is 12.7. The molecule has 0 aromatic heterocycles. The Labute approximate surface area is 158 Å². The van der Waals surface area contributed by atoms with E-state index in [2.05, 4.69) is 43.3 Å². The summed E-state index contributed by atoms with van der Waals surface area (Å²) in [6, 6.07) is 18.9. The zero-order valence-electron chi connectivity index (χ0n) is 16.2. The van der Waals surface area contributed by atoms with Crippen molar-refractivity contribution in [1.82, 2.24) is 0 Å². The molecule has 0 aliphatic carbocycles. The summed E-state index contributed by atoms with van der Waals surface area (Å²) in [5.41, 5.74) is 3.63. The minimum atomic E-state index is -0.00216. The van der Waals surface area contributed by atoms with Crippen molar-refractivity contribution in [3.05, 3.63) is 60.2 Å². The molecule has 0 unspecified atom stereocenters. The van der Waals surface area contributed by atoms with Gasteiger partial charge in [0, 0.05) is 12.5 Å². The van der Waals surface area contributed by atoms with Gasteiger partial charge in [0.05, 0.1) is 0 Å². The Balaban J connectivity index is 1.71. The SMILES string of the molecule is CCCCCCCOCC(=O)[C@H](C)Cc1ccc(-c2ccccc2)cc1. The van der Waals surface area contributed by atoms with Crippen molar-refractivity contribution in [3.8, 4) is 11.1 Å². The van der Waals surface area contributed by atoms with Gasteiger partial charge in [-0.15, -0.1) is 0 Å². The van der Waals surface area contributed by atoms with E-state index in [0.29, 0.717) is 6.61 Å². The molecule has 0 bridgehead atoms. The van der Waals surface area contributed by atoms with Crippen LogP contribution in [0.3, 0.4) is 0 Å². The molecule has 0 N–H and O–H groups in total. The highest BCUT2D eigenvalue weighted by atomic mass is 16.5. The number of hydrogen-bond acceptors (Lipinski definition) is 2. The fraction of sp³-hybridized carbons (Fsp3) is 0.458. The second-order valence-corrected chi connectivity index (χ2v) is 7.10. The smallest absolute Gasteiger partial charge is 0.161 e. The number of benzene rings is 2. The van der Waals surface area contributed by atoms with Crippen molar-refractivity contribution in [2.75, 3.05) is 13.2 Å². The van der Waals surface area contributed by atoms with Crippen molar-refractivity contribution in [2.45, 2.75) is 52.4 Å². The van der Waals surface area contributed by atoms with Gasteiger partial charge in [-0.25, -0.2) is 0 Å². The average molecular weight is 353 g/mol. The number of hydrogen-bond donors (Lipinski definition) is 0. The van der Waals surface area contributed by atoms with E-state index in [4.69, 9.17) is 4.74 Å². The van der Waals surface area contributed by atoms with Crippen molar-refractivity contribution in [3.63, 3.8) is 0 Å². The molecular weight excluding hydrogens is 320 g/mol. The van der Waals surface area contributed by atoms with E-state index in [0.717, 1.165) is 12.8 Å². The molecule has 2 heteroatoms. The molecule has 0 amide bonds. The zero-order valence-corrected chi connectivity index (χ0v) is 16.2. The van der Waals surface area contributed by atoms with Gasteiger partial charge < -0.3 is 4.74 Å². The molecule has 2 nitrogen and oxygen atoms in total. The van der Waals surface area contributed by atoms with Gasteiger partial charge in [0.1, 0.15) is 6.61 Å². The van der Waals surface area contributed by atoms with Gasteiger partial charge in [0.25, 0.3) is 0 Å². The summed E-state index contributed by atoms with van der Waals surface area (Å²) in [6.45, 7) is 5.16. The highest BCUT2D eigenvalue weighted by Crippen LogP contribution is 2.20. The first-order valence-corrected chi connectivity index (χ1v) is 9.95. The predicted molar refractivity (Wildman–Crippen MR) is 109 cm³/mol. The summed E-state index contributed by atoms with van der Waals surface area (Å²) in [6.07, 6.45) is 6.84. The normalized spacial score (nSPS) is 12.1. The number of carbonyl (C=O) groups is 1. The van der Waals surface area contributed by atoms with E-state index in [-0.39, 0.29) is 18.3 Å². The maximum Gasteiger partial charge on any atom is 0.161 e. The summed E-state index contributed by atoms with van der Waals surface area (Å²) in [7, 11) is 0. The van der Waals surface area contributed by atoms with E-state index in [1.54, 1.807) is 0 Å². The Morgan fingerprint density at radius 2 is 1.54 bits per heavy atom. The summed E-state index contributed by atoms with van der Waals surface area (Å²) in [4.78, 5) is 12.2. The number of Topliss-reactive ketones (excluding diaryl/α,β-unsaturated/α-hetero) is 1. The van der Waals surface area contributed by atoms with Crippen LogP contribution in [0.4, 0.5) is 0 Å². The molecule has 2 rings (SSSR count). The number of ketones is 1. The monoisotopic (exact) mass is 352 g/mol. The largest absolute Gasteiger partial charge is 0.374 e. The summed E-state index contributed by atoms with van der Waals surface area (Å²) < 4.78 is 5.56. The Morgan fingerprint density at radius 1 is 0.885 bits per heavy atom. The lowest BCUT2D eigenvalue weighted by Gasteiger charge is -2.12. The van der Waals surface area contributed by atoms with Crippen molar-refractivity contribution < 1.29 is 9.53 Å². The van der Waals surface area contributed by atoms with E-state index < -0.39 is 0 Å². The highest BCUT2D eigenvalue weighted by molar-refractivity contribution is 5.82. The van der Waals surface area contributed by atoms with E-state index in [1.807, 2.05) is 25.1 Å². The van der Waals surface area contributed by atoms with Gasteiger partial charge in [-0.05, 0) is 29.5 Å². The molecule has 140 valence electrons. The van der Waals surface area contributed by atoms with Gasteiger partial charge in [0.2, 0.25) is 0 Å². The van der Waals surface area contributed by atoms with Crippen LogP contribution < -0.4 is 0 Å².